The van der Waals surface area contributed by atoms with E-state index in [1.807, 2.05) is 13.8 Å². The first-order valence-corrected chi connectivity index (χ1v) is 18.1. The molecular formula is C41H59BrN4O3. The van der Waals surface area contributed by atoms with Gasteiger partial charge in [0.05, 0.1) is 11.5 Å². The van der Waals surface area contributed by atoms with Crippen LogP contribution in [-0.2, 0) is 25.2 Å². The number of hydrogen-bond donors (Lipinski definition) is 2. The maximum absolute atomic E-state index is 12.4. The summed E-state index contributed by atoms with van der Waals surface area (Å²) in [5.41, 5.74) is 7.88. The summed E-state index contributed by atoms with van der Waals surface area (Å²) in [6.07, 6.45) is 13.2. The minimum atomic E-state index is -0.104. The summed E-state index contributed by atoms with van der Waals surface area (Å²) in [5, 5.41) is 5.89. The Kier molecular flexibility index (Phi) is 15.3. The fourth-order valence-electron chi connectivity index (χ4n) is 7.04. The third-order valence-electron chi connectivity index (χ3n) is 9.64. The van der Waals surface area contributed by atoms with Crippen molar-refractivity contribution in [2.75, 3.05) is 37.7 Å². The SMILES string of the molecule is CCC[N+]1=C(C=CC=C2N(CCCCCC(=O)NCCCCNC(=O)COC(C)C)c3ccccc3C2(C)C)C(C)(C)c2ccccc21.[Br-]. The number of unbranched alkanes of at least 4 members (excludes halogenated alkanes) is 3. The molecule has 2 N–H and O–H groups in total. The number of anilines is 1. The summed E-state index contributed by atoms with van der Waals surface area (Å²) in [6.45, 7) is 18.7. The van der Waals surface area contributed by atoms with E-state index >= 15 is 0 Å². The van der Waals surface area contributed by atoms with Crippen molar-refractivity contribution >= 4 is 28.9 Å². The molecule has 2 aliphatic rings. The van der Waals surface area contributed by atoms with E-state index in [1.54, 1.807) is 0 Å². The lowest BCUT2D eigenvalue weighted by Crippen LogP contribution is -3.00. The summed E-state index contributed by atoms with van der Waals surface area (Å²) in [5.74, 6) is 0.0133. The van der Waals surface area contributed by atoms with Crippen LogP contribution in [0.2, 0.25) is 0 Å². The van der Waals surface area contributed by atoms with Crippen LogP contribution in [0.1, 0.15) is 105 Å². The highest BCUT2D eigenvalue weighted by molar-refractivity contribution is 6.03. The lowest BCUT2D eigenvalue weighted by atomic mass is 9.81. The molecule has 4 rings (SSSR count). The van der Waals surface area contributed by atoms with Crippen molar-refractivity contribution in [1.29, 1.82) is 0 Å². The normalized spacial score (nSPS) is 16.7. The molecule has 0 radical (unpaired) electrons. The zero-order valence-corrected chi connectivity index (χ0v) is 32.5. The molecule has 0 aromatic heterocycles. The highest BCUT2D eigenvalue weighted by Crippen LogP contribution is 2.48. The van der Waals surface area contributed by atoms with Gasteiger partial charge in [0.1, 0.15) is 13.2 Å². The average molecular weight is 736 g/mol. The molecule has 0 atom stereocenters. The largest absolute Gasteiger partial charge is 1.00 e. The van der Waals surface area contributed by atoms with Crippen LogP contribution >= 0.6 is 0 Å². The van der Waals surface area contributed by atoms with Crippen molar-refractivity contribution in [2.24, 2.45) is 0 Å². The minimum Gasteiger partial charge on any atom is -1.00 e. The molecule has 2 aromatic carbocycles. The van der Waals surface area contributed by atoms with Gasteiger partial charge in [0.2, 0.25) is 17.5 Å². The second-order valence-electron chi connectivity index (χ2n) is 14.5. The van der Waals surface area contributed by atoms with Gasteiger partial charge in [-0.1, -0.05) is 69.7 Å². The number of allylic oxidation sites excluding steroid dienone is 4. The molecule has 0 spiro atoms. The number of hydrogen-bond acceptors (Lipinski definition) is 4. The van der Waals surface area contributed by atoms with Gasteiger partial charge in [0.15, 0.2) is 5.71 Å². The highest BCUT2D eigenvalue weighted by atomic mass is 79.9. The molecule has 0 fully saturated rings. The molecule has 0 saturated carbocycles. The molecule has 8 heteroatoms. The molecule has 0 unspecified atom stereocenters. The van der Waals surface area contributed by atoms with Gasteiger partial charge in [0, 0.05) is 67.0 Å². The third kappa shape index (κ3) is 10.2. The predicted octanol–water partition coefficient (Wildman–Crippen LogP) is 4.71. The third-order valence-corrected chi connectivity index (χ3v) is 9.64. The van der Waals surface area contributed by atoms with Gasteiger partial charge in [-0.05, 0) is 71.1 Å². The van der Waals surface area contributed by atoms with Crippen LogP contribution in [0.5, 0.6) is 0 Å². The molecule has 0 saturated heterocycles. The maximum atomic E-state index is 12.4. The first-order valence-electron chi connectivity index (χ1n) is 18.1. The topological polar surface area (TPSA) is 73.7 Å². The lowest BCUT2D eigenvalue weighted by Gasteiger charge is -2.27. The van der Waals surface area contributed by atoms with Gasteiger partial charge in [-0.15, -0.1) is 0 Å². The van der Waals surface area contributed by atoms with Crippen LogP contribution < -0.4 is 32.5 Å². The zero-order valence-electron chi connectivity index (χ0n) is 30.9. The Morgan fingerprint density at radius 1 is 0.857 bits per heavy atom. The fourth-order valence-corrected chi connectivity index (χ4v) is 7.04. The molecule has 2 aliphatic heterocycles. The smallest absolute Gasteiger partial charge is 0.246 e. The summed E-state index contributed by atoms with van der Waals surface area (Å²) in [4.78, 5) is 26.6. The van der Waals surface area contributed by atoms with E-state index in [1.165, 1.54) is 33.9 Å². The van der Waals surface area contributed by atoms with Gasteiger partial charge in [-0.3, -0.25) is 9.59 Å². The van der Waals surface area contributed by atoms with E-state index in [9.17, 15) is 9.59 Å². The van der Waals surface area contributed by atoms with Crippen LogP contribution in [0.15, 0.2) is 72.5 Å². The fraction of sp³-hybridized carbons (Fsp3) is 0.537. The predicted molar refractivity (Wildman–Crippen MR) is 198 cm³/mol. The number of nitrogens with zero attached hydrogens (tertiary/aromatic N) is 2. The van der Waals surface area contributed by atoms with E-state index in [-0.39, 0.29) is 52.3 Å². The van der Waals surface area contributed by atoms with Crippen molar-refractivity contribution in [3.8, 4) is 0 Å². The van der Waals surface area contributed by atoms with Gasteiger partial charge in [-0.2, -0.15) is 4.58 Å². The monoisotopic (exact) mass is 734 g/mol. The van der Waals surface area contributed by atoms with Gasteiger partial charge in [-0.25, -0.2) is 0 Å². The molecule has 0 bridgehead atoms. The van der Waals surface area contributed by atoms with Crippen LogP contribution in [0, 0.1) is 0 Å². The van der Waals surface area contributed by atoms with Crippen molar-refractivity contribution < 1.29 is 35.9 Å². The number of benzene rings is 2. The van der Waals surface area contributed by atoms with E-state index in [4.69, 9.17) is 4.74 Å². The van der Waals surface area contributed by atoms with Gasteiger partial charge >= 0.3 is 0 Å². The van der Waals surface area contributed by atoms with Crippen LogP contribution in [0.25, 0.3) is 0 Å². The molecule has 2 aromatic rings. The van der Waals surface area contributed by atoms with E-state index in [2.05, 4.69) is 121 Å². The van der Waals surface area contributed by atoms with E-state index < -0.39 is 0 Å². The van der Waals surface area contributed by atoms with Crippen molar-refractivity contribution in [2.45, 2.75) is 110 Å². The Labute approximate surface area is 306 Å². The zero-order chi connectivity index (χ0) is 34.7. The Hall–Kier alpha value is -3.23. The van der Waals surface area contributed by atoms with Gasteiger partial charge in [0.25, 0.3) is 0 Å². The molecular weight excluding hydrogens is 676 g/mol. The standard InChI is InChI=1S/C41H58N4O3.BrH/c1-8-28-44-34-21-13-11-19-32(34)40(4,5)36(44)23-18-24-37-41(6,7)33-20-12-14-22-35(33)45(37)29-17-9-10-25-38(46)42-26-15-16-27-43-39(47)30-48-31(2)3;/h11-14,18-24,31H,8-10,15-17,25-30H2,1-7H3,(H-,42,43,46,47);1H. The summed E-state index contributed by atoms with van der Waals surface area (Å²) in [6, 6.07) is 17.6. The second-order valence-corrected chi connectivity index (χ2v) is 14.5. The lowest BCUT2D eigenvalue weighted by molar-refractivity contribution is -0.437. The summed E-state index contributed by atoms with van der Waals surface area (Å²) in [7, 11) is 0. The Morgan fingerprint density at radius 2 is 1.51 bits per heavy atom. The quantitative estimate of drug-likeness (QED) is 0.172. The maximum Gasteiger partial charge on any atom is 0.246 e. The van der Waals surface area contributed by atoms with Crippen LogP contribution in [-0.4, -0.2) is 61.0 Å². The number of amides is 2. The number of carbonyl (C=O) groups is 2. The number of ether oxygens (including phenoxy) is 1. The van der Waals surface area contributed by atoms with Crippen molar-refractivity contribution in [3.63, 3.8) is 0 Å². The molecule has 2 heterocycles. The Morgan fingerprint density at radius 3 is 2.20 bits per heavy atom. The molecule has 49 heavy (non-hydrogen) atoms. The number of rotatable bonds is 18. The van der Waals surface area contributed by atoms with E-state index in [0.29, 0.717) is 19.5 Å². The average Bonchev–Trinajstić information content (AvgIpc) is 3.40. The first kappa shape index (κ1) is 40.2. The van der Waals surface area contributed by atoms with Crippen molar-refractivity contribution in [3.05, 3.63) is 83.6 Å². The highest BCUT2D eigenvalue weighted by Gasteiger charge is 2.44. The summed E-state index contributed by atoms with van der Waals surface area (Å²) < 4.78 is 7.80. The van der Waals surface area contributed by atoms with Crippen molar-refractivity contribution in [1.82, 2.24) is 10.6 Å². The second kappa shape index (κ2) is 18.7. The molecule has 2 amide bonds. The van der Waals surface area contributed by atoms with E-state index in [0.717, 1.165) is 51.6 Å². The van der Waals surface area contributed by atoms with Crippen LogP contribution in [0.3, 0.4) is 0 Å². The molecule has 7 nitrogen and oxygen atoms in total. The number of halogens is 1. The number of nitrogens with one attached hydrogen (secondary N) is 2. The number of para-hydroxylation sites is 2. The molecule has 268 valence electrons. The Balaban J connectivity index is 0.00000650. The number of carbonyl (C=O) groups excluding carboxylic acids is 2. The Bertz CT molecular complexity index is 1510. The van der Waals surface area contributed by atoms with Crippen LogP contribution in [0.4, 0.5) is 11.4 Å². The summed E-state index contributed by atoms with van der Waals surface area (Å²) >= 11 is 0. The van der Waals surface area contributed by atoms with Gasteiger partial charge < -0.3 is 37.3 Å². The molecule has 0 aliphatic carbocycles. The number of fused-ring (bicyclic) bond motifs is 2. The first-order chi connectivity index (χ1) is 23.0. The minimum absolute atomic E-state index is 0.